The van der Waals surface area contributed by atoms with E-state index < -0.39 is 0 Å². The van der Waals surface area contributed by atoms with Gasteiger partial charge in [-0.2, -0.15) is 4.98 Å². The molecule has 1 aliphatic heterocycles. The predicted octanol–water partition coefficient (Wildman–Crippen LogP) is 2.35. The van der Waals surface area contributed by atoms with Gasteiger partial charge in [-0.25, -0.2) is 4.98 Å². The average molecular weight is 311 g/mol. The van der Waals surface area contributed by atoms with Crippen molar-refractivity contribution in [3.8, 4) is 10.4 Å². The number of hydrogen-bond donors (Lipinski definition) is 2. The number of piperazine rings is 1. The van der Waals surface area contributed by atoms with Crippen molar-refractivity contribution in [1.82, 2.24) is 15.3 Å². The number of aromatic nitrogens is 2. The number of rotatable bonds is 2. The minimum absolute atomic E-state index is 0.350. The molecule has 0 saturated carbocycles. The maximum atomic E-state index is 5.92. The first kappa shape index (κ1) is 13.5. The molecule has 2 aromatic heterocycles. The van der Waals surface area contributed by atoms with Crippen molar-refractivity contribution in [3.63, 3.8) is 0 Å². The number of nitrogens with one attached hydrogen (secondary N) is 1. The molecule has 0 unspecified atom stereocenters. The summed E-state index contributed by atoms with van der Waals surface area (Å²) in [5.74, 6) is 1.31. The van der Waals surface area contributed by atoms with Gasteiger partial charge in [0.1, 0.15) is 10.6 Å². The van der Waals surface area contributed by atoms with E-state index in [9.17, 15) is 0 Å². The molecule has 0 amide bonds. The van der Waals surface area contributed by atoms with Gasteiger partial charge in [0, 0.05) is 31.1 Å². The molecule has 1 fully saturated rings. The number of thiophene rings is 1. The monoisotopic (exact) mass is 311 g/mol. The highest BCUT2D eigenvalue weighted by Gasteiger charge is 2.18. The van der Waals surface area contributed by atoms with Crippen molar-refractivity contribution >= 4 is 33.3 Å². The molecule has 4 rings (SSSR count). The van der Waals surface area contributed by atoms with Gasteiger partial charge in [-0.15, -0.1) is 11.3 Å². The molecule has 1 saturated heterocycles. The summed E-state index contributed by atoms with van der Waals surface area (Å²) in [5, 5.41) is 4.46. The zero-order valence-electron chi connectivity index (χ0n) is 12.1. The molecule has 5 nitrogen and oxygen atoms in total. The van der Waals surface area contributed by atoms with Crippen LogP contribution in [0.3, 0.4) is 0 Å². The van der Waals surface area contributed by atoms with E-state index in [-0.39, 0.29) is 0 Å². The summed E-state index contributed by atoms with van der Waals surface area (Å²) >= 11 is 1.67. The number of hydrogen-bond acceptors (Lipinski definition) is 6. The summed E-state index contributed by atoms with van der Waals surface area (Å²) in [5.41, 5.74) is 7.13. The molecule has 0 bridgehead atoms. The van der Waals surface area contributed by atoms with Crippen LogP contribution in [0.1, 0.15) is 0 Å². The van der Waals surface area contributed by atoms with Gasteiger partial charge in [-0.1, -0.05) is 30.3 Å². The summed E-state index contributed by atoms with van der Waals surface area (Å²) in [6.07, 6.45) is 0. The lowest BCUT2D eigenvalue weighted by atomic mass is 10.2. The molecule has 1 aliphatic rings. The number of nitrogens with two attached hydrogens (primary N) is 1. The Hall–Kier alpha value is -2.18. The van der Waals surface area contributed by atoms with E-state index in [0.717, 1.165) is 42.2 Å². The average Bonchev–Trinajstić information content (AvgIpc) is 2.99. The molecule has 0 atom stereocenters. The van der Waals surface area contributed by atoms with Gasteiger partial charge in [0.2, 0.25) is 5.95 Å². The number of anilines is 2. The normalized spacial score (nSPS) is 15.4. The molecule has 6 heteroatoms. The zero-order chi connectivity index (χ0) is 14.9. The Morgan fingerprint density at radius 3 is 2.64 bits per heavy atom. The van der Waals surface area contributed by atoms with E-state index in [0.29, 0.717) is 5.95 Å². The van der Waals surface area contributed by atoms with Gasteiger partial charge in [0.25, 0.3) is 0 Å². The fraction of sp³-hybridized carbons (Fsp3) is 0.250. The number of benzene rings is 1. The van der Waals surface area contributed by atoms with Gasteiger partial charge in [0.15, 0.2) is 0 Å². The SMILES string of the molecule is Nc1nc(N2CCNCC2)c2cc(-c3ccccc3)sc2n1. The van der Waals surface area contributed by atoms with Crippen molar-refractivity contribution in [2.75, 3.05) is 36.8 Å². The minimum Gasteiger partial charge on any atom is -0.368 e. The van der Waals surface area contributed by atoms with Crippen LogP contribution in [0.4, 0.5) is 11.8 Å². The van der Waals surface area contributed by atoms with E-state index >= 15 is 0 Å². The highest BCUT2D eigenvalue weighted by molar-refractivity contribution is 7.21. The van der Waals surface area contributed by atoms with Crippen molar-refractivity contribution in [1.29, 1.82) is 0 Å². The lowest BCUT2D eigenvalue weighted by molar-refractivity contribution is 0.586. The molecule has 3 N–H and O–H groups in total. The second-order valence-corrected chi connectivity index (χ2v) is 6.37. The number of nitrogen functional groups attached to an aromatic ring is 1. The first-order chi connectivity index (χ1) is 10.8. The molecule has 112 valence electrons. The molecule has 0 spiro atoms. The Morgan fingerprint density at radius 1 is 1.09 bits per heavy atom. The second-order valence-electron chi connectivity index (χ2n) is 5.34. The minimum atomic E-state index is 0.350. The van der Waals surface area contributed by atoms with Gasteiger partial charge in [0.05, 0.1) is 5.39 Å². The summed E-state index contributed by atoms with van der Waals surface area (Å²) in [4.78, 5) is 13.4. The van der Waals surface area contributed by atoms with Crippen LogP contribution in [0.2, 0.25) is 0 Å². The van der Waals surface area contributed by atoms with Crippen LogP contribution in [-0.2, 0) is 0 Å². The molecule has 0 radical (unpaired) electrons. The largest absolute Gasteiger partial charge is 0.368 e. The third-order valence-corrected chi connectivity index (χ3v) is 4.94. The Bertz CT molecular complexity index is 793. The van der Waals surface area contributed by atoms with Crippen LogP contribution in [0.5, 0.6) is 0 Å². The summed E-state index contributed by atoms with van der Waals surface area (Å²) < 4.78 is 0. The molecule has 22 heavy (non-hydrogen) atoms. The smallest absolute Gasteiger partial charge is 0.223 e. The Balaban J connectivity index is 1.84. The highest BCUT2D eigenvalue weighted by atomic mass is 32.1. The number of nitrogens with zero attached hydrogens (tertiary/aromatic N) is 3. The van der Waals surface area contributed by atoms with E-state index in [1.54, 1.807) is 11.3 Å². The Kier molecular flexibility index (Phi) is 3.40. The Morgan fingerprint density at radius 2 is 1.86 bits per heavy atom. The van der Waals surface area contributed by atoms with Gasteiger partial charge in [-0.05, 0) is 11.6 Å². The zero-order valence-corrected chi connectivity index (χ0v) is 12.9. The molecule has 3 aromatic rings. The van der Waals surface area contributed by atoms with E-state index in [1.165, 1.54) is 10.4 Å². The van der Waals surface area contributed by atoms with Crippen LogP contribution in [0.15, 0.2) is 36.4 Å². The lowest BCUT2D eigenvalue weighted by Gasteiger charge is -2.28. The van der Waals surface area contributed by atoms with Crippen molar-refractivity contribution in [2.45, 2.75) is 0 Å². The van der Waals surface area contributed by atoms with Crippen LogP contribution in [-0.4, -0.2) is 36.1 Å². The maximum Gasteiger partial charge on any atom is 0.223 e. The van der Waals surface area contributed by atoms with E-state index in [4.69, 9.17) is 5.73 Å². The van der Waals surface area contributed by atoms with Crippen molar-refractivity contribution < 1.29 is 0 Å². The first-order valence-electron chi connectivity index (χ1n) is 7.39. The topological polar surface area (TPSA) is 67.1 Å². The van der Waals surface area contributed by atoms with Crippen LogP contribution >= 0.6 is 11.3 Å². The van der Waals surface area contributed by atoms with E-state index in [1.807, 2.05) is 6.07 Å². The summed E-state index contributed by atoms with van der Waals surface area (Å²) in [6, 6.07) is 12.6. The third kappa shape index (κ3) is 2.40. The summed E-state index contributed by atoms with van der Waals surface area (Å²) in [6.45, 7) is 3.84. The quantitative estimate of drug-likeness (QED) is 0.760. The van der Waals surface area contributed by atoms with Crippen LogP contribution in [0, 0.1) is 0 Å². The fourth-order valence-electron chi connectivity index (χ4n) is 2.78. The fourth-order valence-corrected chi connectivity index (χ4v) is 3.82. The van der Waals surface area contributed by atoms with Gasteiger partial charge < -0.3 is 16.0 Å². The Labute approximate surface area is 132 Å². The number of fused-ring (bicyclic) bond motifs is 1. The first-order valence-corrected chi connectivity index (χ1v) is 8.21. The lowest BCUT2D eigenvalue weighted by Crippen LogP contribution is -2.44. The molecule has 0 aliphatic carbocycles. The molecular weight excluding hydrogens is 294 g/mol. The van der Waals surface area contributed by atoms with Gasteiger partial charge in [-0.3, -0.25) is 0 Å². The molecule has 3 heterocycles. The summed E-state index contributed by atoms with van der Waals surface area (Å²) in [7, 11) is 0. The standard InChI is InChI=1S/C16H17N5S/c17-16-19-14(21-8-6-18-7-9-21)12-10-13(22-15(12)20-16)11-4-2-1-3-5-11/h1-5,10,18H,6-9H2,(H2,17,19,20). The van der Waals surface area contributed by atoms with Gasteiger partial charge >= 0.3 is 0 Å². The molecular formula is C16H17N5S. The van der Waals surface area contributed by atoms with E-state index in [2.05, 4.69) is 50.5 Å². The second kappa shape index (κ2) is 5.55. The van der Waals surface area contributed by atoms with Crippen molar-refractivity contribution in [2.24, 2.45) is 0 Å². The highest BCUT2D eigenvalue weighted by Crippen LogP contribution is 2.36. The van der Waals surface area contributed by atoms with Crippen molar-refractivity contribution in [3.05, 3.63) is 36.4 Å². The predicted molar refractivity (Wildman–Crippen MR) is 92.3 cm³/mol. The molecule has 1 aromatic carbocycles. The van der Waals surface area contributed by atoms with Crippen LogP contribution in [0.25, 0.3) is 20.7 Å². The third-order valence-electron chi connectivity index (χ3n) is 3.86. The van der Waals surface area contributed by atoms with Crippen LogP contribution < -0.4 is 16.0 Å². The maximum absolute atomic E-state index is 5.92.